The lowest BCUT2D eigenvalue weighted by molar-refractivity contribution is -0.686. The Hall–Kier alpha value is -1.80. The van der Waals surface area contributed by atoms with Gasteiger partial charge < -0.3 is 10.1 Å². The normalized spacial score (nSPS) is 10.3. The minimum Gasteiger partial charge on any atom is -0.496 e. The van der Waals surface area contributed by atoms with Crippen molar-refractivity contribution in [1.29, 1.82) is 0 Å². The van der Waals surface area contributed by atoms with Gasteiger partial charge in [-0.1, -0.05) is 42.0 Å². The Morgan fingerprint density at radius 3 is 2.61 bits per heavy atom. The second-order valence-corrected chi connectivity index (χ2v) is 4.50. The molecule has 0 aliphatic rings. The molecule has 2 aromatic rings. The van der Waals surface area contributed by atoms with Gasteiger partial charge in [-0.05, 0) is 19.1 Å². The molecule has 94 valence electrons. The van der Waals surface area contributed by atoms with Gasteiger partial charge in [0.05, 0.1) is 7.11 Å². The summed E-state index contributed by atoms with van der Waals surface area (Å²) in [5.41, 5.74) is 3.93. The fourth-order valence-corrected chi connectivity index (χ4v) is 2.11. The molecule has 0 fully saturated rings. The summed E-state index contributed by atoms with van der Waals surface area (Å²) in [5, 5.41) is 2.30. The molecular formula is C16H20NO+. The highest BCUT2D eigenvalue weighted by Gasteiger charge is 2.03. The van der Waals surface area contributed by atoms with Crippen LogP contribution in [0.4, 0.5) is 0 Å². The summed E-state index contributed by atoms with van der Waals surface area (Å²) in [6, 6.07) is 16.8. The van der Waals surface area contributed by atoms with Crippen LogP contribution < -0.4 is 10.1 Å². The first-order valence-corrected chi connectivity index (χ1v) is 6.28. The van der Waals surface area contributed by atoms with E-state index in [1.807, 2.05) is 12.1 Å². The highest BCUT2D eigenvalue weighted by molar-refractivity contribution is 5.32. The maximum absolute atomic E-state index is 5.35. The largest absolute Gasteiger partial charge is 0.496 e. The van der Waals surface area contributed by atoms with E-state index in [1.165, 1.54) is 16.7 Å². The van der Waals surface area contributed by atoms with Gasteiger partial charge in [0.2, 0.25) is 0 Å². The molecule has 0 aromatic heterocycles. The van der Waals surface area contributed by atoms with E-state index in [0.29, 0.717) is 0 Å². The molecule has 0 atom stereocenters. The summed E-state index contributed by atoms with van der Waals surface area (Å²) in [7, 11) is 1.72. The first-order chi connectivity index (χ1) is 8.79. The number of nitrogens with two attached hydrogens (primary N) is 1. The van der Waals surface area contributed by atoms with Crippen LogP contribution in [0.15, 0.2) is 48.5 Å². The Balaban J connectivity index is 1.92. The highest BCUT2D eigenvalue weighted by atomic mass is 16.5. The Kier molecular flexibility index (Phi) is 4.37. The standard InChI is InChI=1S/C16H19NO/c1-13-6-5-7-14(10-13)11-17-12-15-8-3-4-9-16(15)18-2/h3-10,17H,11-12H2,1-2H3/p+1. The Bertz CT molecular complexity index is 508. The summed E-state index contributed by atoms with van der Waals surface area (Å²) in [5.74, 6) is 0.970. The second-order valence-electron chi connectivity index (χ2n) is 4.50. The molecule has 0 heterocycles. The molecule has 2 rings (SSSR count). The minimum absolute atomic E-state index is 0.942. The summed E-state index contributed by atoms with van der Waals surface area (Å²) >= 11 is 0. The van der Waals surface area contributed by atoms with Gasteiger partial charge >= 0.3 is 0 Å². The van der Waals surface area contributed by atoms with Gasteiger partial charge in [-0.25, -0.2) is 0 Å². The maximum atomic E-state index is 5.35. The van der Waals surface area contributed by atoms with Crippen LogP contribution in [0.25, 0.3) is 0 Å². The van der Waals surface area contributed by atoms with Gasteiger partial charge in [-0.2, -0.15) is 0 Å². The number of hydrogen-bond donors (Lipinski definition) is 1. The van der Waals surface area contributed by atoms with E-state index in [4.69, 9.17) is 4.74 Å². The van der Waals surface area contributed by atoms with Crippen LogP contribution in [0.3, 0.4) is 0 Å². The zero-order valence-electron chi connectivity index (χ0n) is 11.0. The van der Waals surface area contributed by atoms with Gasteiger partial charge in [0, 0.05) is 11.1 Å². The zero-order chi connectivity index (χ0) is 12.8. The summed E-state index contributed by atoms with van der Waals surface area (Å²) in [4.78, 5) is 0. The minimum atomic E-state index is 0.942. The molecule has 2 N–H and O–H groups in total. The third-order valence-corrected chi connectivity index (χ3v) is 3.02. The number of hydrogen-bond acceptors (Lipinski definition) is 1. The Morgan fingerprint density at radius 2 is 1.83 bits per heavy atom. The van der Waals surface area contributed by atoms with Crippen molar-refractivity contribution >= 4 is 0 Å². The molecule has 18 heavy (non-hydrogen) atoms. The smallest absolute Gasteiger partial charge is 0.127 e. The van der Waals surface area contributed by atoms with E-state index in [2.05, 4.69) is 48.6 Å². The van der Waals surface area contributed by atoms with Crippen molar-refractivity contribution in [3.63, 3.8) is 0 Å². The number of methoxy groups -OCH3 is 1. The fourth-order valence-electron chi connectivity index (χ4n) is 2.11. The lowest BCUT2D eigenvalue weighted by atomic mass is 10.1. The monoisotopic (exact) mass is 242 g/mol. The predicted octanol–water partition coefficient (Wildman–Crippen LogP) is 2.27. The molecule has 0 saturated carbocycles. The van der Waals surface area contributed by atoms with Crippen molar-refractivity contribution in [2.75, 3.05) is 7.11 Å². The zero-order valence-corrected chi connectivity index (χ0v) is 11.0. The van der Waals surface area contributed by atoms with E-state index in [-0.39, 0.29) is 0 Å². The topological polar surface area (TPSA) is 25.8 Å². The van der Waals surface area contributed by atoms with Gasteiger partial charge in [0.1, 0.15) is 18.8 Å². The number of benzene rings is 2. The number of para-hydroxylation sites is 1. The van der Waals surface area contributed by atoms with Crippen LogP contribution in [-0.4, -0.2) is 7.11 Å². The molecule has 0 saturated heterocycles. The maximum Gasteiger partial charge on any atom is 0.127 e. The van der Waals surface area contributed by atoms with Crippen LogP contribution in [0, 0.1) is 6.92 Å². The molecule has 2 aromatic carbocycles. The number of ether oxygens (including phenoxy) is 1. The molecule has 0 unspecified atom stereocenters. The fraction of sp³-hybridized carbons (Fsp3) is 0.250. The number of quaternary nitrogens is 1. The molecule has 2 heteroatoms. The van der Waals surface area contributed by atoms with E-state index in [1.54, 1.807) is 7.11 Å². The van der Waals surface area contributed by atoms with Crippen molar-refractivity contribution in [1.82, 2.24) is 0 Å². The van der Waals surface area contributed by atoms with E-state index in [9.17, 15) is 0 Å². The second kappa shape index (κ2) is 6.22. The first kappa shape index (κ1) is 12.7. The third kappa shape index (κ3) is 3.34. The summed E-state index contributed by atoms with van der Waals surface area (Å²) in [6.07, 6.45) is 0. The average molecular weight is 242 g/mol. The molecule has 2 nitrogen and oxygen atoms in total. The quantitative estimate of drug-likeness (QED) is 0.855. The molecule has 0 aliphatic heterocycles. The van der Waals surface area contributed by atoms with Crippen LogP contribution in [0.1, 0.15) is 16.7 Å². The van der Waals surface area contributed by atoms with Gasteiger partial charge in [0.25, 0.3) is 0 Å². The summed E-state index contributed by atoms with van der Waals surface area (Å²) in [6.45, 7) is 4.07. The van der Waals surface area contributed by atoms with Crippen LogP contribution in [-0.2, 0) is 13.1 Å². The highest BCUT2D eigenvalue weighted by Crippen LogP contribution is 2.15. The number of aryl methyl sites for hydroxylation is 1. The van der Waals surface area contributed by atoms with Crippen molar-refractivity contribution in [3.8, 4) is 5.75 Å². The van der Waals surface area contributed by atoms with Gasteiger partial charge in [0.15, 0.2) is 0 Å². The molecular weight excluding hydrogens is 222 g/mol. The van der Waals surface area contributed by atoms with Crippen LogP contribution >= 0.6 is 0 Å². The van der Waals surface area contributed by atoms with E-state index < -0.39 is 0 Å². The molecule has 0 spiro atoms. The number of rotatable bonds is 5. The lowest BCUT2D eigenvalue weighted by Crippen LogP contribution is -2.80. The SMILES string of the molecule is COc1ccccc1C[NH2+]Cc1cccc(C)c1. The van der Waals surface area contributed by atoms with Gasteiger partial charge in [-0.3, -0.25) is 0 Å². The van der Waals surface area contributed by atoms with Gasteiger partial charge in [-0.15, -0.1) is 0 Å². The van der Waals surface area contributed by atoms with Crippen molar-refractivity contribution in [2.24, 2.45) is 0 Å². The molecule has 0 amide bonds. The first-order valence-electron chi connectivity index (χ1n) is 6.28. The molecule has 0 aliphatic carbocycles. The Labute approximate surface area is 109 Å². The van der Waals surface area contributed by atoms with E-state index >= 15 is 0 Å². The van der Waals surface area contributed by atoms with Crippen molar-refractivity contribution in [3.05, 3.63) is 65.2 Å². The lowest BCUT2D eigenvalue weighted by Gasteiger charge is -2.07. The van der Waals surface area contributed by atoms with Crippen molar-refractivity contribution < 1.29 is 10.1 Å². The van der Waals surface area contributed by atoms with Crippen LogP contribution in [0.2, 0.25) is 0 Å². The predicted molar refractivity (Wildman–Crippen MR) is 73.5 cm³/mol. The van der Waals surface area contributed by atoms with Crippen LogP contribution in [0.5, 0.6) is 5.75 Å². The third-order valence-electron chi connectivity index (χ3n) is 3.02. The van der Waals surface area contributed by atoms with E-state index in [0.717, 1.165) is 18.8 Å². The molecule has 0 bridgehead atoms. The Morgan fingerprint density at radius 1 is 1.00 bits per heavy atom. The van der Waals surface area contributed by atoms with Crippen molar-refractivity contribution in [2.45, 2.75) is 20.0 Å². The average Bonchev–Trinajstić information content (AvgIpc) is 2.39. The molecule has 0 radical (unpaired) electrons. The summed E-state index contributed by atoms with van der Waals surface area (Å²) < 4.78 is 5.35.